The maximum Gasteiger partial charge on any atom is 0.692 e. The zero-order valence-electron chi connectivity index (χ0n) is 3.20. The van der Waals surface area contributed by atoms with Gasteiger partial charge in [-0.2, -0.15) is 0 Å². The molecule has 0 saturated carbocycles. The molecule has 0 rings (SSSR count). The van der Waals surface area contributed by atoms with Gasteiger partial charge in [0.05, 0.1) is 0 Å². The van der Waals surface area contributed by atoms with Crippen molar-refractivity contribution in [1.82, 2.24) is 0 Å². The minimum Gasteiger partial charge on any atom is -0.400 e. The van der Waals surface area contributed by atoms with E-state index in [0.717, 1.165) is 7.11 Å². The predicted octanol–water partition coefficient (Wildman–Crippen LogP) is -0.763. The second kappa shape index (κ2) is 8.88. The molecule has 0 atom stereocenters. The highest BCUT2D eigenvalue weighted by Gasteiger charge is 1.93. The van der Waals surface area contributed by atoms with Crippen LogP contribution in [0.25, 0.3) is 0 Å². The van der Waals surface area contributed by atoms with Crippen LogP contribution in [0.15, 0.2) is 0 Å². The summed E-state index contributed by atoms with van der Waals surface area (Å²) in [5.74, 6) is 0. The molecule has 0 aliphatic rings. The third-order valence-electron chi connectivity index (χ3n) is 0. The molecule has 0 heterocycles. The fourth-order valence-corrected chi connectivity index (χ4v) is 0. The van der Waals surface area contributed by atoms with Crippen LogP contribution in [-0.2, 0) is 4.57 Å². The van der Waals surface area contributed by atoms with Gasteiger partial charge < -0.3 is 5.11 Å². The average Bonchev–Trinajstić information content (AvgIpc) is 1.41. The van der Waals surface area contributed by atoms with Gasteiger partial charge in [0, 0.05) is 11.7 Å². The van der Waals surface area contributed by atoms with Gasteiger partial charge in [-0.15, -0.1) is 9.79 Å². The zero-order valence-corrected chi connectivity index (χ0v) is 4.09. The molecule has 0 aliphatic carbocycles. The summed E-state index contributed by atoms with van der Waals surface area (Å²) in [5, 5.41) is 7.00. The molecular weight excluding hydrogens is 107 g/mol. The van der Waals surface area contributed by atoms with Crippen molar-refractivity contribution in [2.45, 2.75) is 0 Å². The summed E-state index contributed by atoms with van der Waals surface area (Å²) in [4.78, 5) is 14.2. The van der Waals surface area contributed by atoms with Gasteiger partial charge in [-0.1, -0.05) is 0 Å². The summed E-state index contributed by atoms with van der Waals surface area (Å²) in [6.45, 7) is 0. The number of rotatable bonds is 0. The first-order valence-corrected chi connectivity index (χ1v) is 2.19. The molecule has 3 N–H and O–H groups in total. The summed E-state index contributed by atoms with van der Waals surface area (Å²) in [7, 11) is -1.87. The van der Waals surface area contributed by atoms with Crippen molar-refractivity contribution in [3.05, 3.63) is 0 Å². The van der Waals surface area contributed by atoms with E-state index < -0.39 is 8.25 Å². The van der Waals surface area contributed by atoms with E-state index in [1.807, 2.05) is 0 Å². The maximum atomic E-state index is 8.70. The van der Waals surface area contributed by atoms with E-state index in [2.05, 4.69) is 0 Å². The second-order valence-corrected chi connectivity index (χ2v) is 0.758. The molecule has 0 saturated heterocycles. The molecule has 0 spiro atoms. The molecule has 0 fully saturated rings. The number of hydrogen-bond donors (Lipinski definition) is 3. The molecule has 6 heavy (non-hydrogen) atoms. The van der Waals surface area contributed by atoms with E-state index in [0.29, 0.717) is 0 Å². The summed E-state index contributed by atoms with van der Waals surface area (Å²) in [6, 6.07) is 0. The lowest BCUT2D eigenvalue weighted by atomic mass is 11.8. The quantitative estimate of drug-likeness (QED) is 0.361. The van der Waals surface area contributed by atoms with E-state index in [9.17, 15) is 0 Å². The molecule has 0 aromatic carbocycles. The molecule has 0 unspecified atom stereocenters. The molecule has 0 amide bonds. The minimum absolute atomic E-state index is 1.00. The minimum atomic E-state index is -2.87. The van der Waals surface area contributed by atoms with E-state index >= 15 is 0 Å². The second-order valence-electron chi connectivity index (χ2n) is 0.253. The SMILES string of the molecule is CO.O=[P+](O)O. The number of hydrogen-bond acceptors (Lipinski definition) is 2. The van der Waals surface area contributed by atoms with Crippen molar-refractivity contribution in [3.63, 3.8) is 0 Å². The molecule has 38 valence electrons. The predicted molar refractivity (Wildman–Crippen MR) is 20.2 cm³/mol. The summed E-state index contributed by atoms with van der Waals surface area (Å²) < 4.78 is 8.70. The molecule has 0 bridgehead atoms. The van der Waals surface area contributed by atoms with E-state index in [1.165, 1.54) is 0 Å². The number of aliphatic hydroxyl groups is 1. The molecule has 4 nitrogen and oxygen atoms in total. The Morgan fingerprint density at radius 1 is 1.33 bits per heavy atom. The van der Waals surface area contributed by atoms with Gasteiger partial charge in [0.25, 0.3) is 0 Å². The summed E-state index contributed by atoms with van der Waals surface area (Å²) >= 11 is 0. The Balaban J connectivity index is 0. The lowest BCUT2D eigenvalue weighted by Crippen LogP contribution is -1.38. The van der Waals surface area contributed by atoms with Crippen LogP contribution in [0.2, 0.25) is 0 Å². The van der Waals surface area contributed by atoms with Crippen LogP contribution in [0.1, 0.15) is 0 Å². The topological polar surface area (TPSA) is 77.8 Å². The van der Waals surface area contributed by atoms with Crippen LogP contribution >= 0.6 is 8.25 Å². The third-order valence-corrected chi connectivity index (χ3v) is 0. The Bertz CT molecular complexity index is 30.5. The van der Waals surface area contributed by atoms with Gasteiger partial charge in [-0.05, 0) is 0 Å². The Hall–Kier alpha value is -0.0200. The van der Waals surface area contributed by atoms with Crippen LogP contribution in [-0.4, -0.2) is 22.0 Å². The van der Waals surface area contributed by atoms with Gasteiger partial charge in [0.1, 0.15) is 0 Å². The highest BCUT2D eigenvalue weighted by atomic mass is 31.1. The number of aliphatic hydroxyl groups excluding tert-OH is 1. The van der Waals surface area contributed by atoms with Crippen molar-refractivity contribution in [2.75, 3.05) is 7.11 Å². The van der Waals surface area contributed by atoms with Crippen LogP contribution in [0.3, 0.4) is 0 Å². The van der Waals surface area contributed by atoms with Crippen LogP contribution in [0.5, 0.6) is 0 Å². The van der Waals surface area contributed by atoms with Crippen LogP contribution in [0.4, 0.5) is 0 Å². The normalized spacial score (nSPS) is 5.33. The van der Waals surface area contributed by atoms with Gasteiger partial charge in [0.15, 0.2) is 0 Å². The Morgan fingerprint density at radius 2 is 1.33 bits per heavy atom. The maximum absolute atomic E-state index is 8.70. The van der Waals surface area contributed by atoms with Gasteiger partial charge in [-0.3, -0.25) is 0 Å². The van der Waals surface area contributed by atoms with Crippen molar-refractivity contribution >= 4 is 8.25 Å². The fourth-order valence-electron chi connectivity index (χ4n) is 0. The van der Waals surface area contributed by atoms with Gasteiger partial charge in [-0.25, -0.2) is 0 Å². The van der Waals surface area contributed by atoms with Crippen LogP contribution in [0, 0.1) is 0 Å². The smallest absolute Gasteiger partial charge is 0.400 e. The highest BCUT2D eigenvalue weighted by molar-refractivity contribution is 7.30. The lowest BCUT2D eigenvalue weighted by Gasteiger charge is -1.34. The first-order valence-electron chi connectivity index (χ1n) is 1.03. The molecular formula is CH6O4P+. The van der Waals surface area contributed by atoms with E-state index in [1.54, 1.807) is 0 Å². The standard InChI is InChI=1S/CH4O.HO3P/c1-2;1-4(2)3/h2H,1H3;(H-,1,2,3)/p+1. The molecule has 0 aromatic heterocycles. The van der Waals surface area contributed by atoms with Gasteiger partial charge in [0.2, 0.25) is 0 Å². The highest BCUT2D eigenvalue weighted by Crippen LogP contribution is 1.98. The Morgan fingerprint density at radius 3 is 1.33 bits per heavy atom. The van der Waals surface area contributed by atoms with Crippen molar-refractivity contribution in [1.29, 1.82) is 0 Å². The van der Waals surface area contributed by atoms with Crippen molar-refractivity contribution in [3.8, 4) is 0 Å². The molecule has 5 heteroatoms. The first-order chi connectivity index (χ1) is 2.73. The Kier molecular flexibility index (Phi) is 13.9. The lowest BCUT2D eigenvalue weighted by molar-refractivity contribution is 0.399. The van der Waals surface area contributed by atoms with Gasteiger partial charge >= 0.3 is 8.25 Å². The first kappa shape index (κ1) is 9.36. The van der Waals surface area contributed by atoms with Crippen molar-refractivity contribution < 1.29 is 19.5 Å². The Labute approximate surface area is 36.0 Å². The van der Waals surface area contributed by atoms with Crippen LogP contribution < -0.4 is 0 Å². The van der Waals surface area contributed by atoms with Crippen molar-refractivity contribution in [2.24, 2.45) is 0 Å². The molecule has 0 radical (unpaired) electrons. The fraction of sp³-hybridized carbons (Fsp3) is 1.00. The van der Waals surface area contributed by atoms with E-state index in [-0.39, 0.29) is 0 Å². The van der Waals surface area contributed by atoms with E-state index in [4.69, 9.17) is 19.5 Å². The average molecular weight is 113 g/mol. The summed E-state index contributed by atoms with van der Waals surface area (Å²) in [5.41, 5.74) is 0. The molecule has 0 aliphatic heterocycles. The summed E-state index contributed by atoms with van der Waals surface area (Å²) in [6.07, 6.45) is 0. The largest absolute Gasteiger partial charge is 0.692 e. The monoisotopic (exact) mass is 113 g/mol. The zero-order chi connectivity index (χ0) is 5.58. The molecule has 0 aromatic rings. The third kappa shape index (κ3) is 88400.